The van der Waals surface area contributed by atoms with Crippen molar-refractivity contribution in [3.63, 3.8) is 0 Å². The highest BCUT2D eigenvalue weighted by molar-refractivity contribution is 5.28. The average Bonchev–Trinajstić information content (AvgIpc) is 2.80. The Morgan fingerprint density at radius 3 is 2.52 bits per heavy atom. The quantitative estimate of drug-likeness (QED) is 0.776. The van der Waals surface area contributed by atoms with Crippen LogP contribution in [0, 0.1) is 0 Å². The minimum absolute atomic E-state index is 0.214. The molecule has 1 N–H and O–H groups in total. The molecule has 0 saturated heterocycles. The lowest BCUT2D eigenvalue weighted by atomic mass is 9.93. The molecule has 108 valence electrons. The van der Waals surface area contributed by atoms with Crippen molar-refractivity contribution in [2.45, 2.75) is 32.6 Å². The summed E-state index contributed by atoms with van der Waals surface area (Å²) in [6, 6.07) is 9.98. The molecule has 3 aromatic rings. The van der Waals surface area contributed by atoms with Gasteiger partial charge in [-0.2, -0.15) is 9.61 Å². The molecule has 0 unspecified atom stereocenters. The lowest BCUT2D eigenvalue weighted by Crippen LogP contribution is -2.28. The second kappa shape index (κ2) is 4.80. The Labute approximate surface area is 121 Å². The molecule has 2 heterocycles. The van der Waals surface area contributed by atoms with Crippen molar-refractivity contribution >= 4 is 5.78 Å². The van der Waals surface area contributed by atoms with E-state index in [4.69, 9.17) is 0 Å². The second-order valence-electron chi connectivity index (χ2n) is 6.07. The third kappa shape index (κ3) is 2.56. The molecule has 0 radical (unpaired) electrons. The summed E-state index contributed by atoms with van der Waals surface area (Å²) < 4.78 is 1.62. The molecule has 0 atom stereocenters. The first-order chi connectivity index (χ1) is 9.95. The van der Waals surface area contributed by atoms with Crippen LogP contribution in [0.2, 0.25) is 0 Å². The first kappa shape index (κ1) is 13.5. The van der Waals surface area contributed by atoms with E-state index in [-0.39, 0.29) is 11.0 Å². The average molecular weight is 283 g/mol. The molecule has 1 aromatic carbocycles. The SMILES string of the molecule is CC(C)(C)c1nn2c(Cc3ccccc3)nnc2[nH]c1=O. The standard InChI is InChI=1S/C15H17N5O/c1-15(2,3)12-13(21)16-14-18-17-11(20(14)19-12)9-10-7-5-4-6-8-10/h4-8H,9H2,1-3H3,(H,16,18,21). The minimum Gasteiger partial charge on any atom is -0.288 e. The summed E-state index contributed by atoms with van der Waals surface area (Å²) in [5, 5.41) is 12.6. The van der Waals surface area contributed by atoms with Crippen molar-refractivity contribution in [1.82, 2.24) is 24.8 Å². The molecule has 6 heteroatoms. The number of fused-ring (bicyclic) bond motifs is 1. The van der Waals surface area contributed by atoms with Gasteiger partial charge in [-0.1, -0.05) is 51.1 Å². The molecule has 3 rings (SSSR count). The zero-order valence-electron chi connectivity index (χ0n) is 12.3. The van der Waals surface area contributed by atoms with Gasteiger partial charge in [-0.3, -0.25) is 9.78 Å². The van der Waals surface area contributed by atoms with Crippen molar-refractivity contribution < 1.29 is 0 Å². The molecule has 2 aromatic heterocycles. The van der Waals surface area contributed by atoms with Crippen molar-refractivity contribution in [3.8, 4) is 0 Å². The van der Waals surface area contributed by atoms with Crippen LogP contribution in [0.1, 0.15) is 37.9 Å². The van der Waals surface area contributed by atoms with Gasteiger partial charge in [0.1, 0.15) is 5.69 Å². The molecule has 0 fully saturated rings. The fourth-order valence-electron chi connectivity index (χ4n) is 2.18. The van der Waals surface area contributed by atoms with Gasteiger partial charge in [0.15, 0.2) is 5.82 Å². The number of benzene rings is 1. The highest BCUT2D eigenvalue weighted by Crippen LogP contribution is 2.16. The maximum Gasteiger partial charge on any atom is 0.274 e. The first-order valence-electron chi connectivity index (χ1n) is 6.84. The van der Waals surface area contributed by atoms with E-state index in [9.17, 15) is 4.79 Å². The summed E-state index contributed by atoms with van der Waals surface area (Å²) in [7, 11) is 0. The van der Waals surface area contributed by atoms with Crippen LogP contribution in [0.5, 0.6) is 0 Å². The number of hydrogen-bond acceptors (Lipinski definition) is 4. The number of hydrogen-bond donors (Lipinski definition) is 1. The molecule has 6 nitrogen and oxygen atoms in total. The minimum atomic E-state index is -0.337. The predicted molar refractivity (Wildman–Crippen MR) is 79.4 cm³/mol. The van der Waals surface area contributed by atoms with Crippen molar-refractivity contribution in [3.05, 3.63) is 57.8 Å². The maximum atomic E-state index is 12.0. The van der Waals surface area contributed by atoms with Gasteiger partial charge >= 0.3 is 0 Å². The summed E-state index contributed by atoms with van der Waals surface area (Å²) >= 11 is 0. The van der Waals surface area contributed by atoms with Gasteiger partial charge in [-0.15, -0.1) is 10.2 Å². The van der Waals surface area contributed by atoms with Crippen molar-refractivity contribution in [2.75, 3.05) is 0 Å². The molecule has 0 aliphatic heterocycles. The molecule has 0 spiro atoms. The van der Waals surface area contributed by atoms with E-state index in [1.54, 1.807) is 4.52 Å². The largest absolute Gasteiger partial charge is 0.288 e. The van der Waals surface area contributed by atoms with Gasteiger partial charge in [-0.05, 0) is 5.56 Å². The number of aromatic nitrogens is 5. The van der Waals surface area contributed by atoms with Crippen molar-refractivity contribution in [1.29, 1.82) is 0 Å². The van der Waals surface area contributed by atoms with E-state index < -0.39 is 0 Å². The van der Waals surface area contributed by atoms with E-state index in [0.717, 1.165) is 5.56 Å². The van der Waals surface area contributed by atoms with Crippen LogP contribution in [0.4, 0.5) is 0 Å². The Morgan fingerprint density at radius 1 is 1.14 bits per heavy atom. The number of aromatic amines is 1. The number of H-pyrrole nitrogens is 1. The normalized spacial score (nSPS) is 12.0. The molecule has 0 saturated carbocycles. The van der Waals surface area contributed by atoms with E-state index >= 15 is 0 Å². The monoisotopic (exact) mass is 283 g/mol. The Bertz CT molecular complexity index is 827. The van der Waals surface area contributed by atoms with E-state index in [1.807, 2.05) is 51.1 Å². The van der Waals surface area contributed by atoms with Crippen LogP contribution in [-0.2, 0) is 11.8 Å². The fraction of sp³-hybridized carbons (Fsp3) is 0.333. The molecule has 21 heavy (non-hydrogen) atoms. The third-order valence-electron chi connectivity index (χ3n) is 3.26. The van der Waals surface area contributed by atoms with Gasteiger partial charge in [-0.25, -0.2) is 0 Å². The van der Waals surface area contributed by atoms with E-state index in [1.165, 1.54) is 0 Å². The number of nitrogens with one attached hydrogen (secondary N) is 1. The second-order valence-corrected chi connectivity index (χ2v) is 6.07. The zero-order chi connectivity index (χ0) is 15.0. The Morgan fingerprint density at radius 2 is 1.86 bits per heavy atom. The topological polar surface area (TPSA) is 75.9 Å². The maximum absolute atomic E-state index is 12.0. The summed E-state index contributed by atoms with van der Waals surface area (Å²) in [4.78, 5) is 14.8. The zero-order valence-corrected chi connectivity index (χ0v) is 12.3. The third-order valence-corrected chi connectivity index (χ3v) is 3.26. The van der Waals surface area contributed by atoms with Crippen LogP contribution < -0.4 is 5.56 Å². The van der Waals surface area contributed by atoms with Crippen LogP contribution >= 0.6 is 0 Å². The first-order valence-corrected chi connectivity index (χ1v) is 6.84. The van der Waals surface area contributed by atoms with Gasteiger partial charge in [0.25, 0.3) is 11.3 Å². The molecular weight excluding hydrogens is 266 g/mol. The van der Waals surface area contributed by atoms with Gasteiger partial charge in [0.05, 0.1) is 0 Å². The smallest absolute Gasteiger partial charge is 0.274 e. The fourth-order valence-corrected chi connectivity index (χ4v) is 2.18. The lowest BCUT2D eigenvalue weighted by Gasteiger charge is -2.15. The summed E-state index contributed by atoms with van der Waals surface area (Å²) in [6.07, 6.45) is 0.616. The molecule has 0 aliphatic rings. The van der Waals surface area contributed by atoms with Gasteiger partial charge in [0, 0.05) is 11.8 Å². The predicted octanol–water partition coefficient (Wildman–Crippen LogP) is 1.70. The number of nitrogens with zero attached hydrogens (tertiary/aromatic N) is 4. The van der Waals surface area contributed by atoms with Crippen LogP contribution in [-0.4, -0.2) is 24.8 Å². The van der Waals surface area contributed by atoms with E-state index in [0.29, 0.717) is 23.7 Å². The Kier molecular flexibility index (Phi) is 3.08. The van der Waals surface area contributed by atoms with Crippen LogP contribution in [0.15, 0.2) is 35.1 Å². The van der Waals surface area contributed by atoms with Crippen molar-refractivity contribution in [2.24, 2.45) is 0 Å². The van der Waals surface area contributed by atoms with E-state index in [2.05, 4.69) is 20.3 Å². The highest BCUT2D eigenvalue weighted by Gasteiger charge is 2.22. The number of rotatable bonds is 2. The van der Waals surface area contributed by atoms with Gasteiger partial charge < -0.3 is 0 Å². The van der Waals surface area contributed by atoms with Gasteiger partial charge in [0.2, 0.25) is 0 Å². The Balaban J connectivity index is 2.11. The Hall–Kier alpha value is -2.50. The lowest BCUT2D eigenvalue weighted by molar-refractivity contribution is 0.539. The molecular formula is C15H17N5O. The van der Waals surface area contributed by atoms with Crippen LogP contribution in [0.3, 0.4) is 0 Å². The summed E-state index contributed by atoms with van der Waals surface area (Å²) in [5.74, 6) is 1.08. The molecule has 0 amide bonds. The van der Waals surface area contributed by atoms with Crippen LogP contribution in [0.25, 0.3) is 5.78 Å². The molecule has 0 aliphatic carbocycles. The molecule has 0 bridgehead atoms. The summed E-state index contributed by atoms with van der Waals surface area (Å²) in [5.41, 5.74) is 1.05. The summed E-state index contributed by atoms with van der Waals surface area (Å²) in [6.45, 7) is 5.87. The highest BCUT2D eigenvalue weighted by atomic mass is 16.1.